The number of imidazole rings is 1. The van der Waals surface area contributed by atoms with E-state index in [-0.39, 0.29) is 0 Å². The summed E-state index contributed by atoms with van der Waals surface area (Å²) < 4.78 is 6.69. The van der Waals surface area contributed by atoms with Gasteiger partial charge in [-0.3, -0.25) is 0 Å². The maximum Gasteiger partial charge on any atom is 0.427 e. The predicted molar refractivity (Wildman–Crippen MR) is 110 cm³/mol. The van der Waals surface area contributed by atoms with Crippen LogP contribution in [0.3, 0.4) is 0 Å². The van der Waals surface area contributed by atoms with Crippen LogP contribution in [0.2, 0.25) is 0 Å². The van der Waals surface area contributed by atoms with Crippen molar-refractivity contribution in [2.24, 2.45) is 5.10 Å². The molecular formula is C20H23N5O2S. The second kappa shape index (κ2) is 8.52. The third-order valence-corrected chi connectivity index (χ3v) is 5.94. The fourth-order valence-electron chi connectivity index (χ4n) is 3.53. The highest BCUT2D eigenvalue weighted by atomic mass is 32.1. The van der Waals surface area contributed by atoms with E-state index in [1.807, 2.05) is 34.8 Å². The molecule has 28 heavy (non-hydrogen) atoms. The SMILES string of the molecule is CCOC(=O)N/N=C/c1c(-c2ccccc2)nc2sc(C3CCCCC3)nn12. The summed E-state index contributed by atoms with van der Waals surface area (Å²) >= 11 is 1.65. The largest absolute Gasteiger partial charge is 0.449 e. The first-order chi connectivity index (χ1) is 13.8. The third-order valence-electron chi connectivity index (χ3n) is 4.87. The van der Waals surface area contributed by atoms with E-state index < -0.39 is 6.09 Å². The zero-order valence-electron chi connectivity index (χ0n) is 15.8. The molecule has 1 saturated carbocycles. The van der Waals surface area contributed by atoms with Gasteiger partial charge in [-0.15, -0.1) is 0 Å². The monoisotopic (exact) mass is 397 g/mol. The molecule has 0 saturated heterocycles. The number of fused-ring (bicyclic) bond motifs is 1. The summed E-state index contributed by atoms with van der Waals surface area (Å²) in [6.45, 7) is 2.05. The van der Waals surface area contributed by atoms with Gasteiger partial charge in [-0.25, -0.2) is 19.7 Å². The Hall–Kier alpha value is -2.74. The van der Waals surface area contributed by atoms with Crippen molar-refractivity contribution in [1.82, 2.24) is 20.0 Å². The van der Waals surface area contributed by atoms with Crippen LogP contribution in [0.15, 0.2) is 35.4 Å². The minimum atomic E-state index is -0.582. The summed E-state index contributed by atoms with van der Waals surface area (Å²) in [6.07, 6.45) is 7.23. The van der Waals surface area contributed by atoms with Crippen LogP contribution in [0.5, 0.6) is 0 Å². The van der Waals surface area contributed by atoms with Crippen molar-refractivity contribution in [2.45, 2.75) is 44.9 Å². The number of hydrazone groups is 1. The number of carbonyl (C=O) groups is 1. The number of hydrogen-bond donors (Lipinski definition) is 1. The topological polar surface area (TPSA) is 80.9 Å². The van der Waals surface area contributed by atoms with Crippen LogP contribution < -0.4 is 5.43 Å². The maximum absolute atomic E-state index is 11.5. The van der Waals surface area contributed by atoms with Gasteiger partial charge in [0.05, 0.1) is 12.8 Å². The Morgan fingerprint density at radius 1 is 1.32 bits per heavy atom. The number of benzene rings is 1. The van der Waals surface area contributed by atoms with Crippen molar-refractivity contribution in [2.75, 3.05) is 6.61 Å². The number of nitrogens with zero attached hydrogens (tertiary/aromatic N) is 4. The number of nitrogens with one attached hydrogen (secondary N) is 1. The number of rotatable bonds is 5. The molecule has 0 bridgehead atoms. The molecule has 7 nitrogen and oxygen atoms in total. The smallest absolute Gasteiger partial charge is 0.427 e. The molecule has 3 aromatic rings. The maximum atomic E-state index is 11.5. The van der Waals surface area contributed by atoms with Gasteiger partial charge in [-0.2, -0.15) is 10.2 Å². The molecule has 8 heteroatoms. The lowest BCUT2D eigenvalue weighted by Crippen LogP contribution is -2.18. The number of aromatic nitrogens is 3. The van der Waals surface area contributed by atoms with E-state index in [1.165, 1.54) is 32.1 Å². The van der Waals surface area contributed by atoms with E-state index in [0.29, 0.717) is 12.5 Å². The van der Waals surface area contributed by atoms with Crippen molar-refractivity contribution < 1.29 is 9.53 Å². The van der Waals surface area contributed by atoms with Gasteiger partial charge in [-0.05, 0) is 19.8 Å². The number of amides is 1. The Bertz CT molecular complexity index is 973. The van der Waals surface area contributed by atoms with Gasteiger partial charge in [0.15, 0.2) is 0 Å². The van der Waals surface area contributed by atoms with Gasteiger partial charge in [0.2, 0.25) is 4.96 Å². The third kappa shape index (κ3) is 3.91. The van der Waals surface area contributed by atoms with Gasteiger partial charge in [0, 0.05) is 11.5 Å². The van der Waals surface area contributed by atoms with E-state index in [9.17, 15) is 4.79 Å². The summed E-state index contributed by atoms with van der Waals surface area (Å²) in [5.74, 6) is 0.517. The molecule has 0 atom stereocenters. The minimum Gasteiger partial charge on any atom is -0.449 e. The summed E-state index contributed by atoms with van der Waals surface area (Å²) in [5.41, 5.74) is 4.90. The molecule has 1 aliphatic carbocycles. The predicted octanol–water partition coefficient (Wildman–Crippen LogP) is 4.59. The summed E-state index contributed by atoms with van der Waals surface area (Å²) in [7, 11) is 0. The molecule has 1 fully saturated rings. The van der Waals surface area contributed by atoms with E-state index in [0.717, 1.165) is 26.9 Å². The molecule has 0 unspecified atom stereocenters. The highest BCUT2D eigenvalue weighted by Gasteiger charge is 2.23. The Morgan fingerprint density at radius 3 is 2.86 bits per heavy atom. The summed E-state index contributed by atoms with van der Waals surface area (Å²) in [5, 5.41) is 10.0. The van der Waals surface area contributed by atoms with Crippen molar-refractivity contribution in [3.8, 4) is 11.3 Å². The van der Waals surface area contributed by atoms with Crippen LogP contribution in [0.25, 0.3) is 16.2 Å². The van der Waals surface area contributed by atoms with Gasteiger partial charge >= 0.3 is 6.09 Å². The van der Waals surface area contributed by atoms with Crippen molar-refractivity contribution in [3.05, 3.63) is 41.0 Å². The number of hydrogen-bond acceptors (Lipinski definition) is 6. The minimum absolute atomic E-state index is 0.296. The number of carbonyl (C=O) groups excluding carboxylic acids is 1. The molecule has 0 spiro atoms. The van der Waals surface area contributed by atoms with Crippen molar-refractivity contribution >= 4 is 28.6 Å². The lowest BCUT2D eigenvalue weighted by Gasteiger charge is -2.18. The van der Waals surface area contributed by atoms with Crippen molar-refractivity contribution in [1.29, 1.82) is 0 Å². The first kappa shape index (κ1) is 18.6. The second-order valence-electron chi connectivity index (χ2n) is 6.77. The van der Waals surface area contributed by atoms with Crippen LogP contribution in [0, 0.1) is 0 Å². The Balaban J connectivity index is 1.70. The van der Waals surface area contributed by atoms with Crippen LogP contribution in [0.4, 0.5) is 4.79 Å². The molecule has 1 N–H and O–H groups in total. The van der Waals surface area contributed by atoms with Crippen LogP contribution in [-0.2, 0) is 4.74 Å². The van der Waals surface area contributed by atoms with E-state index in [4.69, 9.17) is 14.8 Å². The molecule has 2 aromatic heterocycles. The van der Waals surface area contributed by atoms with E-state index in [2.05, 4.69) is 10.5 Å². The first-order valence-corrected chi connectivity index (χ1v) is 10.5. The zero-order chi connectivity index (χ0) is 19.3. The first-order valence-electron chi connectivity index (χ1n) is 9.67. The quantitative estimate of drug-likeness (QED) is 0.504. The van der Waals surface area contributed by atoms with Gasteiger partial charge in [-0.1, -0.05) is 60.9 Å². The van der Waals surface area contributed by atoms with Gasteiger partial charge in [0.1, 0.15) is 16.4 Å². The zero-order valence-corrected chi connectivity index (χ0v) is 16.6. The Kier molecular flexibility index (Phi) is 5.66. The fourth-order valence-corrected chi connectivity index (χ4v) is 4.60. The van der Waals surface area contributed by atoms with Gasteiger partial charge < -0.3 is 4.74 Å². The fraction of sp³-hybridized carbons (Fsp3) is 0.400. The molecular weight excluding hydrogens is 374 g/mol. The lowest BCUT2D eigenvalue weighted by molar-refractivity contribution is 0.152. The molecule has 1 amide bonds. The molecule has 1 aromatic carbocycles. The van der Waals surface area contributed by atoms with E-state index in [1.54, 1.807) is 24.5 Å². The lowest BCUT2D eigenvalue weighted by atomic mass is 9.90. The molecule has 4 rings (SSSR count). The highest BCUT2D eigenvalue weighted by Crippen LogP contribution is 2.36. The average molecular weight is 398 g/mol. The molecule has 146 valence electrons. The Labute approximate surface area is 167 Å². The average Bonchev–Trinajstić information content (AvgIpc) is 3.29. The molecule has 0 aliphatic heterocycles. The standard InChI is InChI=1S/C20H23N5O2S/c1-2-27-20(26)23-21-13-16-17(14-9-5-3-6-10-14)22-19-25(16)24-18(28-19)15-11-7-4-8-12-15/h3,5-6,9-10,13,15H,2,4,7-8,11-12H2,1H3,(H,23,26)/b21-13+. The molecule has 2 heterocycles. The molecule has 0 radical (unpaired) electrons. The normalized spacial score (nSPS) is 15.3. The second-order valence-corrected chi connectivity index (χ2v) is 7.76. The van der Waals surface area contributed by atoms with E-state index >= 15 is 0 Å². The van der Waals surface area contributed by atoms with Crippen LogP contribution in [0.1, 0.15) is 55.6 Å². The van der Waals surface area contributed by atoms with Crippen LogP contribution >= 0.6 is 11.3 Å². The van der Waals surface area contributed by atoms with Crippen LogP contribution in [-0.4, -0.2) is 33.5 Å². The summed E-state index contributed by atoms with van der Waals surface area (Å²) in [4.78, 5) is 17.2. The van der Waals surface area contributed by atoms with Gasteiger partial charge in [0.25, 0.3) is 0 Å². The molecule has 1 aliphatic rings. The Morgan fingerprint density at radius 2 is 2.11 bits per heavy atom. The highest BCUT2D eigenvalue weighted by molar-refractivity contribution is 7.16. The van der Waals surface area contributed by atoms with Crippen molar-refractivity contribution in [3.63, 3.8) is 0 Å². The number of ether oxygens (including phenoxy) is 1. The summed E-state index contributed by atoms with van der Waals surface area (Å²) in [6, 6.07) is 9.93.